The summed E-state index contributed by atoms with van der Waals surface area (Å²) in [4.78, 5) is 176. The molecule has 11 amide bonds. The van der Waals surface area contributed by atoms with Crippen LogP contribution in [0.2, 0.25) is 0 Å². The molecule has 2 saturated heterocycles. The van der Waals surface area contributed by atoms with Gasteiger partial charge in [0.05, 0.1) is 31.8 Å². The first-order valence-corrected chi connectivity index (χ1v) is 30.7. The largest absolute Gasteiger partial charge is 0.508 e. The Morgan fingerprint density at radius 2 is 1.07 bits per heavy atom. The zero-order valence-electron chi connectivity index (χ0n) is 50.5. The van der Waals surface area contributed by atoms with Crippen molar-refractivity contribution in [2.45, 2.75) is 164 Å². The number of carboxylic acids is 2. The fourth-order valence-electron chi connectivity index (χ4n) is 10.1. The van der Waals surface area contributed by atoms with Crippen LogP contribution < -0.4 is 54.0 Å². The highest BCUT2D eigenvalue weighted by Crippen LogP contribution is 2.23. The van der Waals surface area contributed by atoms with Crippen LogP contribution in [-0.4, -0.2) is 228 Å². The van der Waals surface area contributed by atoms with Crippen molar-refractivity contribution in [3.05, 3.63) is 65.7 Å². The third-order valence-electron chi connectivity index (χ3n) is 14.9. The molecule has 90 heavy (non-hydrogen) atoms. The minimum Gasteiger partial charge on any atom is -0.508 e. The Kier molecular flexibility index (Phi) is 29.8. The molecule has 12 atom stereocenters. The zero-order chi connectivity index (χ0) is 66.9. The standard InChI is InChI=1S/C58H84N12O19S/c1-30(2)24-40(58(88)89)65-50(80)39(27-45(60)75)64-49(79)36(18-19-46(76)77)61-53(83)43-12-8-21-69(43)56(86)37(20-23-90-4)62-52(82)41(28-71)66-54(84)44-13-9-22-70(44)57(87)42(29-72)67-55(85)47(31(3)73)68-51(81)38(26-33-14-16-34(74)17-15-33)63-48(78)35(59)25-32-10-6-5-7-11-32/h5-7,10-11,14-17,30-31,35-44,47,71-74H,8-9,12-13,18-29,59H2,1-4H3,(H2,60,75)(H,61,83)(H,62,82)(H,63,78)(H,64,79)(H,65,80)(H,66,84)(H,67,85)(H,68,81)(H,76,77)(H,88,89)/t31-,35+,36+,37+,38+,39+,40+,41+,42+,43+,44+,47+/m1/s1. The number of thioether (sulfide) groups is 1. The number of carboxylic acid groups (broad SMARTS) is 2. The van der Waals surface area contributed by atoms with Crippen molar-refractivity contribution in [2.24, 2.45) is 17.4 Å². The summed E-state index contributed by atoms with van der Waals surface area (Å²) in [6, 6.07) is -2.23. The molecule has 18 N–H and O–H groups in total. The first kappa shape index (κ1) is 74.0. The van der Waals surface area contributed by atoms with Crippen LogP contribution >= 0.6 is 11.8 Å². The average molecular weight is 1290 g/mol. The number of rotatable bonds is 36. The number of amides is 11. The summed E-state index contributed by atoms with van der Waals surface area (Å²) in [5.41, 5.74) is 12.8. The Morgan fingerprint density at radius 3 is 1.59 bits per heavy atom. The molecule has 2 aromatic carbocycles. The lowest BCUT2D eigenvalue weighted by Crippen LogP contribution is -2.62. The molecule has 0 bridgehead atoms. The number of aliphatic carboxylic acids is 2. The van der Waals surface area contributed by atoms with Gasteiger partial charge in [0.2, 0.25) is 65.0 Å². The Hall–Kier alpha value is -8.46. The first-order valence-electron chi connectivity index (χ1n) is 29.3. The summed E-state index contributed by atoms with van der Waals surface area (Å²) >= 11 is 1.29. The van der Waals surface area contributed by atoms with Crippen LogP contribution in [0.15, 0.2) is 54.6 Å². The fraction of sp³-hybridized carbons (Fsp3) is 0.569. The van der Waals surface area contributed by atoms with Crippen LogP contribution in [-0.2, 0) is 75.2 Å². The number of aliphatic hydroxyl groups excluding tert-OH is 3. The van der Waals surface area contributed by atoms with Gasteiger partial charge >= 0.3 is 11.9 Å². The highest BCUT2D eigenvalue weighted by molar-refractivity contribution is 7.98. The molecule has 4 rings (SSSR count). The maximum absolute atomic E-state index is 14.4. The summed E-state index contributed by atoms with van der Waals surface area (Å²) in [5.74, 6) is -13.7. The lowest BCUT2D eigenvalue weighted by molar-refractivity contribution is -0.144. The van der Waals surface area contributed by atoms with Crippen LogP contribution in [0.5, 0.6) is 5.75 Å². The number of carbonyl (C=O) groups is 13. The van der Waals surface area contributed by atoms with Gasteiger partial charge in [-0.25, -0.2) is 4.79 Å². The summed E-state index contributed by atoms with van der Waals surface area (Å²) in [5, 5.41) is 79.8. The predicted octanol–water partition coefficient (Wildman–Crippen LogP) is -4.65. The molecule has 2 heterocycles. The molecule has 0 aromatic heterocycles. The summed E-state index contributed by atoms with van der Waals surface area (Å²) in [7, 11) is 0. The maximum atomic E-state index is 14.4. The number of hydrogen-bond acceptors (Lipinski definition) is 19. The number of carbonyl (C=O) groups excluding carboxylic acids is 11. The minimum atomic E-state index is -1.80. The topological polar surface area (TPSA) is 498 Å². The maximum Gasteiger partial charge on any atom is 0.326 e. The molecule has 0 spiro atoms. The number of benzene rings is 2. The van der Waals surface area contributed by atoms with Crippen LogP contribution in [0, 0.1) is 5.92 Å². The van der Waals surface area contributed by atoms with Crippen molar-refractivity contribution in [3.8, 4) is 5.75 Å². The van der Waals surface area contributed by atoms with Gasteiger partial charge in [-0.1, -0.05) is 56.3 Å². The number of phenolic OH excluding ortho intramolecular Hbond substituents is 1. The van der Waals surface area contributed by atoms with E-state index in [-0.39, 0.29) is 81.9 Å². The molecule has 0 unspecified atom stereocenters. The number of nitrogens with one attached hydrogen (secondary N) is 8. The third kappa shape index (κ3) is 22.8. The van der Waals surface area contributed by atoms with Crippen molar-refractivity contribution >= 4 is 88.7 Å². The third-order valence-corrected chi connectivity index (χ3v) is 15.5. The fourth-order valence-corrected chi connectivity index (χ4v) is 10.6. The van der Waals surface area contributed by atoms with E-state index in [2.05, 4.69) is 42.5 Å². The molecular weight excluding hydrogens is 1200 g/mol. The van der Waals surface area contributed by atoms with Gasteiger partial charge in [0.1, 0.15) is 66.2 Å². The summed E-state index contributed by atoms with van der Waals surface area (Å²) in [6.07, 6.45) is -1.64. The molecular formula is C58H84N12O19S. The highest BCUT2D eigenvalue weighted by atomic mass is 32.2. The number of nitrogens with zero attached hydrogens (tertiary/aromatic N) is 2. The molecule has 2 aromatic rings. The average Bonchev–Trinajstić information content (AvgIpc) is 1.90. The van der Waals surface area contributed by atoms with Gasteiger partial charge in [0.25, 0.3) is 0 Å². The number of likely N-dealkylation sites (tertiary alicyclic amines) is 2. The molecule has 2 aliphatic rings. The second kappa shape index (κ2) is 36.3. The van der Waals surface area contributed by atoms with Crippen molar-refractivity contribution in [1.29, 1.82) is 0 Å². The number of nitrogens with two attached hydrogens (primary N) is 2. The zero-order valence-corrected chi connectivity index (χ0v) is 51.3. The van der Waals surface area contributed by atoms with Crippen LogP contribution in [0.1, 0.15) is 89.7 Å². The molecule has 0 saturated carbocycles. The van der Waals surface area contributed by atoms with Crippen LogP contribution in [0.25, 0.3) is 0 Å². The van der Waals surface area contributed by atoms with Crippen LogP contribution in [0.4, 0.5) is 0 Å². The number of aromatic hydroxyl groups is 1. The normalized spacial score (nSPS) is 17.9. The van der Waals surface area contributed by atoms with Gasteiger partial charge in [-0.2, -0.15) is 11.8 Å². The molecule has 31 nitrogen and oxygen atoms in total. The number of phenols is 1. The van der Waals surface area contributed by atoms with E-state index >= 15 is 0 Å². The van der Waals surface area contributed by atoms with Crippen molar-refractivity contribution in [1.82, 2.24) is 52.3 Å². The van der Waals surface area contributed by atoms with Gasteiger partial charge in [0.15, 0.2) is 0 Å². The number of primary amides is 1. The Labute approximate surface area is 523 Å². The van der Waals surface area contributed by atoms with Gasteiger partial charge in [-0.05, 0) is 99.5 Å². The van der Waals surface area contributed by atoms with E-state index in [1.54, 1.807) is 50.4 Å². The predicted molar refractivity (Wildman–Crippen MR) is 321 cm³/mol. The molecule has 496 valence electrons. The van der Waals surface area contributed by atoms with Crippen LogP contribution in [0.3, 0.4) is 0 Å². The van der Waals surface area contributed by atoms with Gasteiger partial charge in [0, 0.05) is 25.9 Å². The van der Waals surface area contributed by atoms with E-state index in [4.69, 9.17) is 11.5 Å². The summed E-state index contributed by atoms with van der Waals surface area (Å²) in [6.45, 7) is 2.34. The Bertz CT molecular complexity index is 2850. The van der Waals surface area contributed by atoms with Gasteiger partial charge < -0.3 is 94.4 Å². The van der Waals surface area contributed by atoms with Crippen molar-refractivity contribution in [2.75, 3.05) is 38.3 Å². The van der Waals surface area contributed by atoms with E-state index in [0.717, 1.165) is 22.3 Å². The SMILES string of the molecule is CSCC[C@H](NC(=O)[C@H](CO)NC(=O)[C@@H]1CCCN1C(=O)[C@H](CO)NC(=O)[C@@H](NC(=O)[C@H](Cc1ccc(O)cc1)NC(=O)[C@@H](N)Cc1ccccc1)[C@@H](C)O)C(=O)N1CCC[C@H]1C(=O)N[C@@H](CCC(=O)O)C(=O)N[C@@H](CC(N)=O)C(=O)N[C@@H](CC(C)C)C(=O)O. The van der Waals surface area contributed by atoms with E-state index in [9.17, 15) is 93.0 Å². The monoisotopic (exact) mass is 1280 g/mol. The number of aliphatic hydroxyl groups is 3. The molecule has 2 fully saturated rings. The molecule has 32 heteroatoms. The molecule has 0 aliphatic carbocycles. The quantitative estimate of drug-likeness (QED) is 0.0305. The molecule has 2 aliphatic heterocycles. The van der Waals surface area contributed by atoms with E-state index in [1.807, 2.05) is 0 Å². The Balaban J connectivity index is 1.45. The Morgan fingerprint density at radius 1 is 0.578 bits per heavy atom. The summed E-state index contributed by atoms with van der Waals surface area (Å²) < 4.78 is 0. The first-order chi connectivity index (χ1) is 42.6. The smallest absolute Gasteiger partial charge is 0.326 e. The highest BCUT2D eigenvalue weighted by Gasteiger charge is 2.43. The van der Waals surface area contributed by atoms with E-state index < -0.39 is 182 Å². The number of hydrogen-bond donors (Lipinski definition) is 16. The second-order valence-corrected chi connectivity index (χ2v) is 23.4. The van der Waals surface area contributed by atoms with Crippen molar-refractivity contribution in [3.63, 3.8) is 0 Å². The van der Waals surface area contributed by atoms with Gasteiger partial charge in [-0.15, -0.1) is 0 Å². The minimum absolute atomic E-state index is 0.0000485. The van der Waals surface area contributed by atoms with E-state index in [0.29, 0.717) is 5.56 Å². The lowest BCUT2D eigenvalue weighted by atomic mass is 10.0. The van der Waals surface area contributed by atoms with E-state index in [1.165, 1.54) is 36.0 Å². The second-order valence-electron chi connectivity index (χ2n) is 22.4. The van der Waals surface area contributed by atoms with Gasteiger partial charge in [-0.3, -0.25) is 57.5 Å². The lowest BCUT2D eigenvalue weighted by Gasteiger charge is -2.31. The molecule has 0 radical (unpaired) electrons. The van der Waals surface area contributed by atoms with Crippen molar-refractivity contribution < 1.29 is 93.0 Å².